The van der Waals surface area contributed by atoms with Crippen molar-refractivity contribution in [3.8, 4) is 17.2 Å². The maximum absolute atomic E-state index is 12.1. The van der Waals surface area contributed by atoms with Crippen LogP contribution in [0, 0.1) is 0 Å². The Labute approximate surface area is 163 Å². The molecule has 0 saturated carbocycles. The maximum Gasteiger partial charge on any atom is 0.344 e. The Morgan fingerprint density at radius 3 is 2.43 bits per heavy atom. The normalized spacial score (nSPS) is 10.4. The Hall–Kier alpha value is -3.55. The van der Waals surface area contributed by atoms with E-state index in [9.17, 15) is 9.59 Å². The van der Waals surface area contributed by atoms with E-state index in [-0.39, 0.29) is 19.1 Å². The lowest BCUT2D eigenvalue weighted by atomic mass is 10.2. The third-order valence-corrected chi connectivity index (χ3v) is 3.57. The van der Waals surface area contributed by atoms with Gasteiger partial charge in [0.05, 0.1) is 27.0 Å². The second-order valence-corrected chi connectivity index (χ2v) is 5.43. The van der Waals surface area contributed by atoms with Gasteiger partial charge in [-0.3, -0.25) is 4.79 Å². The van der Waals surface area contributed by atoms with Gasteiger partial charge in [0.25, 0.3) is 5.91 Å². The smallest absolute Gasteiger partial charge is 0.344 e. The molecule has 0 unspecified atom stereocenters. The van der Waals surface area contributed by atoms with Gasteiger partial charge in [-0.1, -0.05) is 0 Å². The van der Waals surface area contributed by atoms with Crippen LogP contribution in [0.15, 0.2) is 47.6 Å². The molecule has 1 N–H and O–H groups in total. The summed E-state index contributed by atoms with van der Waals surface area (Å²) in [6, 6.07) is 11.7. The lowest BCUT2D eigenvalue weighted by molar-refractivity contribution is -0.145. The fourth-order valence-electron chi connectivity index (χ4n) is 2.20. The molecule has 0 fully saturated rings. The minimum atomic E-state index is -0.477. The summed E-state index contributed by atoms with van der Waals surface area (Å²) in [6.07, 6.45) is 1.46. The first-order valence-corrected chi connectivity index (χ1v) is 8.51. The molecule has 1 amide bonds. The van der Waals surface area contributed by atoms with Crippen molar-refractivity contribution in [1.29, 1.82) is 0 Å². The van der Waals surface area contributed by atoms with E-state index in [1.807, 2.05) is 0 Å². The van der Waals surface area contributed by atoms with E-state index in [0.29, 0.717) is 28.4 Å². The van der Waals surface area contributed by atoms with Crippen molar-refractivity contribution < 1.29 is 28.5 Å². The zero-order valence-electron chi connectivity index (χ0n) is 15.9. The fraction of sp³-hybridized carbons (Fsp3) is 0.250. The molecule has 8 nitrogen and oxygen atoms in total. The van der Waals surface area contributed by atoms with E-state index in [0.717, 1.165) is 0 Å². The maximum atomic E-state index is 12.1. The summed E-state index contributed by atoms with van der Waals surface area (Å²) >= 11 is 0. The summed E-state index contributed by atoms with van der Waals surface area (Å²) in [6.45, 7) is 1.76. The van der Waals surface area contributed by atoms with Crippen LogP contribution < -0.4 is 19.6 Å². The first-order valence-electron chi connectivity index (χ1n) is 8.51. The zero-order chi connectivity index (χ0) is 20.4. The third kappa shape index (κ3) is 6.01. The number of methoxy groups -OCH3 is 2. The number of ether oxygens (including phenoxy) is 4. The SMILES string of the molecule is CCOC(=O)COc1cc(/C=N/NC(=O)c2ccc(OC)cc2)ccc1OC. The number of hydrogen-bond acceptors (Lipinski definition) is 7. The van der Waals surface area contributed by atoms with Crippen molar-refractivity contribution in [1.82, 2.24) is 5.43 Å². The molecule has 0 radical (unpaired) electrons. The third-order valence-electron chi connectivity index (χ3n) is 3.57. The van der Waals surface area contributed by atoms with Gasteiger partial charge in [0.2, 0.25) is 0 Å². The highest BCUT2D eigenvalue weighted by Crippen LogP contribution is 2.27. The van der Waals surface area contributed by atoms with Gasteiger partial charge in [-0.2, -0.15) is 5.10 Å². The van der Waals surface area contributed by atoms with Crippen LogP contribution >= 0.6 is 0 Å². The lowest BCUT2D eigenvalue weighted by Crippen LogP contribution is -2.17. The second kappa shape index (κ2) is 10.6. The highest BCUT2D eigenvalue weighted by molar-refractivity contribution is 5.95. The first kappa shape index (κ1) is 20.8. The van der Waals surface area contributed by atoms with E-state index in [1.165, 1.54) is 13.3 Å². The molecular formula is C20H22N2O6. The predicted molar refractivity (Wildman–Crippen MR) is 103 cm³/mol. The van der Waals surface area contributed by atoms with Gasteiger partial charge in [-0.05, 0) is 55.0 Å². The average molecular weight is 386 g/mol. The molecule has 0 aliphatic carbocycles. The topological polar surface area (TPSA) is 95.5 Å². The highest BCUT2D eigenvalue weighted by Gasteiger charge is 2.09. The van der Waals surface area contributed by atoms with Gasteiger partial charge in [0.15, 0.2) is 18.1 Å². The van der Waals surface area contributed by atoms with Crippen molar-refractivity contribution in [3.63, 3.8) is 0 Å². The summed E-state index contributed by atoms with van der Waals surface area (Å²) in [5.74, 6) is 0.653. The van der Waals surface area contributed by atoms with Crippen LogP contribution in [0.3, 0.4) is 0 Å². The van der Waals surface area contributed by atoms with Crippen molar-refractivity contribution in [2.75, 3.05) is 27.4 Å². The standard InChI is InChI=1S/C20H22N2O6/c1-4-27-19(23)13-28-18-11-14(5-10-17(18)26-3)12-21-22-20(24)15-6-8-16(25-2)9-7-15/h5-12H,4,13H2,1-3H3,(H,22,24)/b21-12+. The predicted octanol–water partition coefficient (Wildman–Crippen LogP) is 2.41. The quantitative estimate of drug-likeness (QED) is 0.404. The molecule has 2 aromatic carbocycles. The molecule has 0 aliphatic rings. The van der Waals surface area contributed by atoms with Gasteiger partial charge < -0.3 is 18.9 Å². The van der Waals surface area contributed by atoms with Crippen molar-refractivity contribution in [2.45, 2.75) is 6.92 Å². The molecular weight excluding hydrogens is 364 g/mol. The molecule has 28 heavy (non-hydrogen) atoms. The minimum Gasteiger partial charge on any atom is -0.497 e. The van der Waals surface area contributed by atoms with E-state index in [2.05, 4.69) is 10.5 Å². The highest BCUT2D eigenvalue weighted by atomic mass is 16.6. The molecule has 0 aromatic heterocycles. The molecule has 8 heteroatoms. The molecule has 0 spiro atoms. The van der Waals surface area contributed by atoms with Crippen LogP contribution in [0.1, 0.15) is 22.8 Å². The van der Waals surface area contributed by atoms with Gasteiger partial charge in [0.1, 0.15) is 5.75 Å². The zero-order valence-corrected chi connectivity index (χ0v) is 15.9. The summed E-state index contributed by atoms with van der Waals surface area (Å²) < 4.78 is 20.5. The van der Waals surface area contributed by atoms with Crippen molar-refractivity contribution in [2.24, 2.45) is 5.10 Å². The van der Waals surface area contributed by atoms with Gasteiger partial charge >= 0.3 is 5.97 Å². The molecule has 2 rings (SSSR count). The fourth-order valence-corrected chi connectivity index (χ4v) is 2.20. The van der Waals surface area contributed by atoms with Gasteiger partial charge in [-0.15, -0.1) is 0 Å². The summed E-state index contributed by atoms with van der Waals surface area (Å²) in [5.41, 5.74) is 3.54. The molecule has 2 aromatic rings. The number of nitrogens with zero attached hydrogens (tertiary/aromatic N) is 1. The van der Waals surface area contributed by atoms with Crippen LogP contribution in [0.2, 0.25) is 0 Å². The van der Waals surface area contributed by atoms with Crippen LogP contribution in [-0.2, 0) is 9.53 Å². The Morgan fingerprint density at radius 2 is 1.79 bits per heavy atom. The van der Waals surface area contributed by atoms with Crippen molar-refractivity contribution >= 4 is 18.1 Å². The Kier molecular flexibility index (Phi) is 7.83. The number of nitrogens with one attached hydrogen (secondary N) is 1. The molecule has 0 aliphatic heterocycles. The van der Waals surface area contributed by atoms with Crippen LogP contribution in [0.4, 0.5) is 0 Å². The Morgan fingerprint density at radius 1 is 1.04 bits per heavy atom. The van der Waals surface area contributed by atoms with E-state index in [1.54, 1.807) is 56.5 Å². The Balaban J connectivity index is 2.00. The van der Waals surface area contributed by atoms with E-state index < -0.39 is 5.97 Å². The number of hydrazone groups is 1. The van der Waals surface area contributed by atoms with Crippen molar-refractivity contribution in [3.05, 3.63) is 53.6 Å². The minimum absolute atomic E-state index is 0.237. The number of hydrogen-bond donors (Lipinski definition) is 1. The number of amides is 1. The molecule has 0 atom stereocenters. The number of carbonyl (C=O) groups excluding carboxylic acids is 2. The summed E-state index contributed by atoms with van der Waals surface area (Å²) in [5, 5.41) is 3.94. The van der Waals surface area contributed by atoms with Crippen LogP contribution in [0.25, 0.3) is 0 Å². The second-order valence-electron chi connectivity index (χ2n) is 5.43. The van der Waals surface area contributed by atoms with E-state index >= 15 is 0 Å². The summed E-state index contributed by atoms with van der Waals surface area (Å²) in [7, 11) is 3.05. The van der Waals surface area contributed by atoms with Crippen LogP contribution in [-0.4, -0.2) is 45.5 Å². The first-order chi connectivity index (χ1) is 13.6. The summed E-state index contributed by atoms with van der Waals surface area (Å²) in [4.78, 5) is 23.5. The molecule has 148 valence electrons. The Bertz CT molecular complexity index is 833. The number of rotatable bonds is 9. The lowest BCUT2D eigenvalue weighted by Gasteiger charge is -2.10. The average Bonchev–Trinajstić information content (AvgIpc) is 2.72. The molecule has 0 heterocycles. The van der Waals surface area contributed by atoms with E-state index in [4.69, 9.17) is 18.9 Å². The number of esters is 1. The van der Waals surface area contributed by atoms with Crippen LogP contribution in [0.5, 0.6) is 17.2 Å². The molecule has 0 bridgehead atoms. The number of benzene rings is 2. The largest absolute Gasteiger partial charge is 0.497 e. The van der Waals surface area contributed by atoms with Gasteiger partial charge in [0, 0.05) is 5.56 Å². The number of carbonyl (C=O) groups is 2. The monoisotopic (exact) mass is 386 g/mol. The van der Waals surface area contributed by atoms with Gasteiger partial charge in [-0.25, -0.2) is 10.2 Å². The molecule has 0 saturated heterocycles.